The summed E-state index contributed by atoms with van der Waals surface area (Å²) in [5.74, 6) is -0.395. The second kappa shape index (κ2) is 19.2. The van der Waals surface area contributed by atoms with Crippen molar-refractivity contribution in [1.82, 2.24) is 19.9 Å². The van der Waals surface area contributed by atoms with E-state index < -0.39 is 26.7 Å². The van der Waals surface area contributed by atoms with Crippen LogP contribution in [0, 0.1) is 0 Å². The number of aliphatic hydroxyl groups excluding tert-OH is 1. The van der Waals surface area contributed by atoms with Crippen molar-refractivity contribution in [3.8, 4) is 0 Å². The van der Waals surface area contributed by atoms with E-state index in [0.717, 1.165) is 0 Å². The van der Waals surface area contributed by atoms with Crippen LogP contribution in [0.1, 0.15) is 40.6 Å². The molecule has 0 radical (unpaired) electrons. The first-order valence-electron chi connectivity index (χ1n) is 10.7. The predicted molar refractivity (Wildman–Crippen MR) is 166 cm³/mol. The quantitative estimate of drug-likeness (QED) is 0.0668. The average Bonchev–Trinajstić information content (AvgIpc) is 2.93. The molecule has 0 fully saturated rings. The van der Waals surface area contributed by atoms with Gasteiger partial charge in [-0.2, -0.15) is 0 Å². The van der Waals surface area contributed by atoms with Gasteiger partial charge in [-0.3, -0.25) is 4.79 Å². The van der Waals surface area contributed by atoms with Crippen LogP contribution < -0.4 is 0 Å². The van der Waals surface area contributed by atoms with Crippen LogP contribution >= 0.6 is 93.1 Å². The number of hydrogen-bond acceptors (Lipinski definition) is 10. The number of benzene rings is 2. The summed E-state index contributed by atoms with van der Waals surface area (Å²) in [5.41, 5.74) is 1.14. The number of carbonyl (C=O) groups excluding carboxylic acids is 1. The number of thioether (sulfide) groups is 2. The molecule has 42 heavy (non-hydrogen) atoms. The Bertz CT molecular complexity index is 1540. The fourth-order valence-electron chi connectivity index (χ4n) is 3.02. The van der Waals surface area contributed by atoms with E-state index in [4.69, 9.17) is 77.3 Å². The monoisotopic (exact) mass is 769 g/mol. The standard InChI is InChI=1S/C12H9Cl3N2OS.C12H7Cl3N2OS.CH4.Mn.2O/c2*1-19-12-16-10(14)8(11(15)17-12)9(18)6-4-2-3-5-7(6)13;;;;/h2-5,9,18H,1H3;2-5H,1H3;1H4;;;. The molecule has 0 saturated carbocycles. The first-order valence-corrected chi connectivity index (χ1v) is 16.3. The van der Waals surface area contributed by atoms with Crippen molar-refractivity contribution in [3.05, 3.63) is 101 Å². The second-order valence-corrected chi connectivity index (χ2v) is 11.2. The van der Waals surface area contributed by atoms with E-state index in [9.17, 15) is 9.90 Å². The third kappa shape index (κ3) is 10.5. The second-order valence-electron chi connectivity index (χ2n) is 7.17. The minimum atomic E-state index is -1.44. The van der Waals surface area contributed by atoms with E-state index in [2.05, 4.69) is 19.9 Å². The van der Waals surface area contributed by atoms with Crippen LogP contribution in [-0.2, 0) is 22.5 Å². The Hall–Kier alpha value is -1.21. The fourth-order valence-corrected chi connectivity index (χ4v) is 5.56. The van der Waals surface area contributed by atoms with Crippen LogP contribution in [0.15, 0.2) is 58.8 Å². The maximum atomic E-state index is 12.4. The Morgan fingerprint density at radius 3 is 1.57 bits per heavy atom. The van der Waals surface area contributed by atoms with Crippen LogP contribution in [0.2, 0.25) is 30.7 Å². The van der Waals surface area contributed by atoms with E-state index in [1.54, 1.807) is 54.8 Å². The van der Waals surface area contributed by atoms with Gasteiger partial charge in [0.1, 0.15) is 26.7 Å². The Morgan fingerprint density at radius 1 is 0.738 bits per heavy atom. The number of aromatic nitrogens is 4. The summed E-state index contributed by atoms with van der Waals surface area (Å²) >= 11 is 37.3. The summed E-state index contributed by atoms with van der Waals surface area (Å²) in [7, 11) is 0. The molecule has 1 unspecified atom stereocenters. The van der Waals surface area contributed by atoms with Crippen molar-refractivity contribution >= 4 is 98.9 Å². The van der Waals surface area contributed by atoms with Gasteiger partial charge in [0.15, 0.2) is 10.3 Å². The van der Waals surface area contributed by atoms with Crippen molar-refractivity contribution in [2.45, 2.75) is 23.8 Å². The third-order valence-corrected chi connectivity index (χ3v) is 7.71. The van der Waals surface area contributed by atoms with Crippen LogP contribution in [0.5, 0.6) is 0 Å². The normalized spacial score (nSPS) is 10.7. The van der Waals surface area contributed by atoms with E-state index in [0.29, 0.717) is 31.5 Å². The molecular weight excluding hydrogens is 752 g/mol. The van der Waals surface area contributed by atoms with Gasteiger partial charge in [0.05, 0.1) is 16.1 Å². The van der Waals surface area contributed by atoms with Crippen LogP contribution in [0.3, 0.4) is 0 Å². The van der Waals surface area contributed by atoms with Gasteiger partial charge >= 0.3 is 22.5 Å². The Balaban J connectivity index is 0.000000376. The summed E-state index contributed by atoms with van der Waals surface area (Å²) in [6.45, 7) is 0. The van der Waals surface area contributed by atoms with E-state index in [-0.39, 0.29) is 39.2 Å². The number of nitrogens with zero attached hydrogens (tertiary/aromatic N) is 4. The van der Waals surface area contributed by atoms with Gasteiger partial charge in [0, 0.05) is 16.1 Å². The van der Waals surface area contributed by atoms with E-state index in [1.807, 2.05) is 6.26 Å². The zero-order valence-corrected chi connectivity index (χ0v) is 28.0. The van der Waals surface area contributed by atoms with Crippen LogP contribution in [0.4, 0.5) is 0 Å². The molecule has 0 saturated heterocycles. The molecule has 0 spiro atoms. The van der Waals surface area contributed by atoms with Gasteiger partial charge in [0.25, 0.3) is 0 Å². The molecule has 2 aromatic carbocycles. The molecular formula is C25H20Cl6MnN4O4S2. The van der Waals surface area contributed by atoms with Gasteiger partial charge < -0.3 is 5.11 Å². The van der Waals surface area contributed by atoms with Crippen molar-refractivity contribution in [1.29, 1.82) is 0 Å². The summed E-state index contributed by atoms with van der Waals surface area (Å²) in [6.07, 6.45) is 2.54. The molecule has 0 aliphatic carbocycles. The van der Waals surface area contributed by atoms with Crippen LogP contribution in [0.25, 0.3) is 0 Å². The number of carbonyl (C=O) groups is 1. The number of halogens is 6. The molecule has 0 bridgehead atoms. The summed E-state index contributed by atoms with van der Waals surface area (Å²) in [5, 5.41) is 12.3. The third-order valence-electron chi connectivity index (χ3n) is 4.82. The molecule has 0 aliphatic heterocycles. The van der Waals surface area contributed by atoms with Gasteiger partial charge in [-0.1, -0.05) is 131 Å². The predicted octanol–water partition coefficient (Wildman–Crippen LogP) is 9.03. The van der Waals surface area contributed by atoms with Crippen LogP contribution in [-0.4, -0.2) is 43.3 Å². The number of aliphatic hydroxyl groups is 1. The Morgan fingerprint density at radius 2 is 1.14 bits per heavy atom. The SMILES string of the molecule is C.CSc1nc(Cl)c(C(=O)c2ccccc2Cl)c(Cl)n1.CSc1nc(Cl)c(C(O)c2ccccc2Cl)c(Cl)n1.[O]=[Mn]=[O]. The number of hydrogen-bond donors (Lipinski definition) is 1. The molecule has 0 aliphatic rings. The van der Waals surface area contributed by atoms with Gasteiger partial charge in [-0.25, -0.2) is 19.9 Å². The zero-order valence-electron chi connectivity index (χ0n) is 20.6. The van der Waals surface area contributed by atoms with E-state index in [1.165, 1.54) is 23.5 Å². The van der Waals surface area contributed by atoms with Gasteiger partial charge in [-0.15, -0.1) is 0 Å². The minimum absolute atomic E-state index is 0. The molecule has 17 heteroatoms. The molecule has 2 heterocycles. The molecule has 2 aromatic heterocycles. The molecule has 4 aromatic rings. The van der Waals surface area contributed by atoms with Crippen molar-refractivity contribution in [3.63, 3.8) is 0 Å². The van der Waals surface area contributed by atoms with Gasteiger partial charge in [0.2, 0.25) is 5.78 Å². The number of ketones is 1. The summed E-state index contributed by atoms with van der Waals surface area (Å²) in [4.78, 5) is 28.5. The molecule has 0 amide bonds. The molecule has 225 valence electrons. The average molecular weight is 772 g/mol. The Kier molecular flexibility index (Phi) is 17.8. The van der Waals surface area contributed by atoms with Crippen molar-refractivity contribution < 1.29 is 32.4 Å². The molecule has 1 atom stereocenters. The van der Waals surface area contributed by atoms with Crippen molar-refractivity contribution in [2.75, 3.05) is 12.5 Å². The fraction of sp³-hybridized carbons (Fsp3) is 0.160. The molecule has 4 rings (SSSR count). The zero-order chi connectivity index (χ0) is 30.7. The van der Waals surface area contributed by atoms with Crippen molar-refractivity contribution in [2.24, 2.45) is 0 Å². The summed E-state index contributed by atoms with van der Waals surface area (Å²) < 4.78 is 16.8. The first kappa shape index (κ1) is 38.8. The maximum absolute atomic E-state index is 12.4. The molecule has 1 N–H and O–H groups in total. The van der Waals surface area contributed by atoms with Gasteiger partial charge in [-0.05, 0) is 30.7 Å². The summed E-state index contributed by atoms with van der Waals surface area (Å²) in [6, 6.07) is 13.6. The Labute approximate surface area is 286 Å². The first-order chi connectivity index (χ1) is 19.5. The molecule has 8 nitrogen and oxygen atoms in total. The van der Waals surface area contributed by atoms with E-state index >= 15 is 0 Å². The topological polar surface area (TPSA) is 123 Å². The number of rotatable bonds is 6.